The minimum absolute atomic E-state index is 0.00572. The fourth-order valence-electron chi connectivity index (χ4n) is 1.13. The molecule has 0 radical (unpaired) electrons. The zero-order chi connectivity index (χ0) is 10.9. The smallest absolute Gasteiger partial charge is 0.360 e. The molecule has 0 atom stereocenters. The molecular formula is C9H14N2O3. The molecule has 0 fully saturated rings. The second-order valence-electron chi connectivity index (χ2n) is 4.43. The van der Waals surface area contributed by atoms with Crippen LogP contribution in [0.5, 0.6) is 5.75 Å². The number of carboxylic acids is 1. The predicted octanol–water partition coefficient (Wildman–Crippen LogP) is 1.33. The first kappa shape index (κ1) is 10.6. The molecule has 1 rings (SSSR count). The zero-order valence-electron chi connectivity index (χ0n) is 8.48. The Bertz CT molecular complexity index is 349. The normalized spacial score (nSPS) is 11.6. The van der Waals surface area contributed by atoms with Crippen LogP contribution in [-0.2, 0) is 6.54 Å². The van der Waals surface area contributed by atoms with Gasteiger partial charge in [-0.2, -0.15) is 5.10 Å². The average Bonchev–Trinajstić information content (AvgIpc) is 2.26. The minimum atomic E-state index is -1.21. The molecule has 1 aromatic heterocycles. The monoisotopic (exact) mass is 198 g/mol. The van der Waals surface area contributed by atoms with Gasteiger partial charge in [-0.3, -0.25) is 4.68 Å². The van der Waals surface area contributed by atoms with Gasteiger partial charge in [0.1, 0.15) is 0 Å². The van der Waals surface area contributed by atoms with Gasteiger partial charge >= 0.3 is 5.97 Å². The number of hydrogen-bond donors (Lipinski definition) is 2. The molecule has 0 aliphatic carbocycles. The van der Waals surface area contributed by atoms with Gasteiger partial charge in [-0.05, 0) is 5.41 Å². The molecule has 14 heavy (non-hydrogen) atoms. The summed E-state index contributed by atoms with van der Waals surface area (Å²) >= 11 is 0. The van der Waals surface area contributed by atoms with Crippen LogP contribution in [0.2, 0.25) is 0 Å². The third kappa shape index (κ3) is 2.48. The van der Waals surface area contributed by atoms with Gasteiger partial charge < -0.3 is 10.2 Å². The Hall–Kier alpha value is -1.52. The molecule has 78 valence electrons. The summed E-state index contributed by atoms with van der Waals surface area (Å²) in [6, 6.07) is 0. The fourth-order valence-corrected chi connectivity index (χ4v) is 1.13. The Morgan fingerprint density at radius 3 is 2.50 bits per heavy atom. The van der Waals surface area contributed by atoms with Crippen molar-refractivity contribution in [2.24, 2.45) is 5.41 Å². The second-order valence-corrected chi connectivity index (χ2v) is 4.43. The van der Waals surface area contributed by atoms with Gasteiger partial charge in [0, 0.05) is 6.54 Å². The van der Waals surface area contributed by atoms with Gasteiger partial charge in [0.2, 0.25) is 5.69 Å². The Kier molecular flexibility index (Phi) is 2.51. The zero-order valence-corrected chi connectivity index (χ0v) is 8.48. The first-order valence-corrected chi connectivity index (χ1v) is 4.29. The Balaban J connectivity index is 2.92. The van der Waals surface area contributed by atoms with Crippen molar-refractivity contribution in [3.63, 3.8) is 0 Å². The summed E-state index contributed by atoms with van der Waals surface area (Å²) in [5.74, 6) is -1.50. The number of aromatic hydroxyl groups is 1. The van der Waals surface area contributed by atoms with Gasteiger partial charge in [0.05, 0.1) is 6.20 Å². The highest BCUT2D eigenvalue weighted by molar-refractivity contribution is 5.88. The summed E-state index contributed by atoms with van der Waals surface area (Å²) in [6.45, 7) is 6.58. The molecule has 0 aliphatic heterocycles. The van der Waals surface area contributed by atoms with Gasteiger partial charge in [-0.25, -0.2) is 4.79 Å². The van der Waals surface area contributed by atoms with Gasteiger partial charge in [-0.15, -0.1) is 0 Å². The van der Waals surface area contributed by atoms with E-state index in [2.05, 4.69) is 5.10 Å². The van der Waals surface area contributed by atoms with Crippen LogP contribution in [-0.4, -0.2) is 26.0 Å². The number of carboxylic acid groups (broad SMARTS) is 1. The molecule has 2 N–H and O–H groups in total. The van der Waals surface area contributed by atoms with Crippen LogP contribution in [0.1, 0.15) is 31.3 Å². The van der Waals surface area contributed by atoms with Crippen LogP contribution in [0.4, 0.5) is 0 Å². The van der Waals surface area contributed by atoms with Crippen LogP contribution in [0, 0.1) is 5.41 Å². The van der Waals surface area contributed by atoms with Crippen LogP contribution in [0.15, 0.2) is 6.20 Å². The maximum atomic E-state index is 10.6. The lowest BCUT2D eigenvalue weighted by atomic mass is 9.97. The summed E-state index contributed by atoms with van der Waals surface area (Å²) in [5, 5.41) is 21.6. The number of rotatable bonds is 2. The van der Waals surface area contributed by atoms with Crippen molar-refractivity contribution >= 4 is 5.97 Å². The van der Waals surface area contributed by atoms with Gasteiger partial charge in [-0.1, -0.05) is 20.8 Å². The highest BCUT2D eigenvalue weighted by Crippen LogP contribution is 2.20. The lowest BCUT2D eigenvalue weighted by Gasteiger charge is -2.17. The highest BCUT2D eigenvalue weighted by atomic mass is 16.4. The van der Waals surface area contributed by atoms with E-state index in [1.807, 2.05) is 20.8 Å². The summed E-state index contributed by atoms with van der Waals surface area (Å²) in [4.78, 5) is 10.6. The lowest BCUT2D eigenvalue weighted by molar-refractivity contribution is 0.0686. The molecule has 0 spiro atoms. The number of carbonyl (C=O) groups is 1. The van der Waals surface area contributed by atoms with E-state index in [1.165, 1.54) is 10.9 Å². The largest absolute Gasteiger partial charge is 0.504 e. The summed E-state index contributed by atoms with van der Waals surface area (Å²) in [7, 11) is 0. The van der Waals surface area contributed by atoms with Crippen LogP contribution in [0.3, 0.4) is 0 Å². The number of nitrogens with zero attached hydrogens (tertiary/aromatic N) is 2. The molecule has 0 aliphatic rings. The van der Waals surface area contributed by atoms with E-state index >= 15 is 0 Å². The maximum absolute atomic E-state index is 10.6. The minimum Gasteiger partial charge on any atom is -0.504 e. The van der Waals surface area contributed by atoms with Crippen LogP contribution < -0.4 is 0 Å². The van der Waals surface area contributed by atoms with E-state index < -0.39 is 5.97 Å². The number of aromatic carboxylic acids is 1. The third-order valence-corrected chi connectivity index (χ3v) is 1.58. The van der Waals surface area contributed by atoms with E-state index in [-0.39, 0.29) is 16.9 Å². The SMILES string of the molecule is CC(C)(C)Cn1cc(O)c(C(=O)O)n1. The molecule has 1 aromatic rings. The molecule has 0 amide bonds. The van der Waals surface area contributed by atoms with E-state index in [0.29, 0.717) is 6.54 Å². The molecule has 0 saturated carbocycles. The molecule has 5 heteroatoms. The van der Waals surface area contributed by atoms with Crippen molar-refractivity contribution in [3.05, 3.63) is 11.9 Å². The van der Waals surface area contributed by atoms with Crippen molar-refractivity contribution in [3.8, 4) is 5.75 Å². The van der Waals surface area contributed by atoms with Gasteiger partial charge in [0.25, 0.3) is 0 Å². The first-order chi connectivity index (χ1) is 6.29. The molecule has 5 nitrogen and oxygen atoms in total. The van der Waals surface area contributed by atoms with Crippen molar-refractivity contribution in [1.29, 1.82) is 0 Å². The molecule has 0 bridgehead atoms. The molecule has 0 saturated heterocycles. The Morgan fingerprint density at radius 2 is 2.14 bits per heavy atom. The highest BCUT2D eigenvalue weighted by Gasteiger charge is 2.18. The summed E-state index contributed by atoms with van der Waals surface area (Å²) < 4.78 is 1.44. The van der Waals surface area contributed by atoms with Crippen molar-refractivity contribution < 1.29 is 15.0 Å². The van der Waals surface area contributed by atoms with E-state index in [1.54, 1.807) is 0 Å². The summed E-state index contributed by atoms with van der Waals surface area (Å²) in [6.07, 6.45) is 1.33. The van der Waals surface area contributed by atoms with E-state index in [4.69, 9.17) is 5.11 Å². The topological polar surface area (TPSA) is 75.4 Å². The summed E-state index contributed by atoms with van der Waals surface area (Å²) in [5.41, 5.74) is -0.303. The van der Waals surface area contributed by atoms with Crippen LogP contribution in [0.25, 0.3) is 0 Å². The fraction of sp³-hybridized carbons (Fsp3) is 0.556. The van der Waals surface area contributed by atoms with Crippen LogP contribution >= 0.6 is 0 Å². The third-order valence-electron chi connectivity index (χ3n) is 1.58. The van der Waals surface area contributed by atoms with Crippen molar-refractivity contribution in [2.75, 3.05) is 0 Å². The predicted molar refractivity (Wildman–Crippen MR) is 50.3 cm³/mol. The number of aromatic nitrogens is 2. The lowest BCUT2D eigenvalue weighted by Crippen LogP contribution is -2.16. The second kappa shape index (κ2) is 3.32. The average molecular weight is 198 g/mol. The van der Waals surface area contributed by atoms with E-state index in [9.17, 15) is 9.90 Å². The maximum Gasteiger partial charge on any atom is 0.360 e. The van der Waals surface area contributed by atoms with E-state index in [0.717, 1.165) is 0 Å². The number of hydrogen-bond acceptors (Lipinski definition) is 3. The molecule has 1 heterocycles. The quantitative estimate of drug-likeness (QED) is 0.751. The van der Waals surface area contributed by atoms with Gasteiger partial charge in [0.15, 0.2) is 5.75 Å². The Labute approximate surface area is 82.0 Å². The van der Waals surface area contributed by atoms with Crippen molar-refractivity contribution in [2.45, 2.75) is 27.3 Å². The van der Waals surface area contributed by atoms with Crippen molar-refractivity contribution in [1.82, 2.24) is 9.78 Å². The first-order valence-electron chi connectivity index (χ1n) is 4.29. The molecular weight excluding hydrogens is 184 g/mol. The molecule has 0 aromatic carbocycles. The Morgan fingerprint density at radius 1 is 1.57 bits per heavy atom. The molecule has 0 unspecified atom stereocenters. The standard InChI is InChI=1S/C9H14N2O3/c1-9(2,3)5-11-4-6(12)7(10-11)8(13)14/h4,12H,5H2,1-3H3,(H,13,14).